The van der Waals surface area contributed by atoms with Crippen LogP contribution in [0.15, 0.2) is 48.5 Å². The normalized spacial score (nSPS) is 12.0. The second kappa shape index (κ2) is 9.18. The van der Waals surface area contributed by atoms with E-state index in [-0.39, 0.29) is 11.3 Å². The first-order valence-corrected chi connectivity index (χ1v) is 9.01. The molecule has 0 spiro atoms. The fraction of sp³-hybridized carbons (Fsp3) is 0.364. The summed E-state index contributed by atoms with van der Waals surface area (Å²) < 4.78 is 4.95. The fourth-order valence-electron chi connectivity index (χ4n) is 2.73. The van der Waals surface area contributed by atoms with Gasteiger partial charge in [0.05, 0.1) is 5.92 Å². The van der Waals surface area contributed by atoms with Gasteiger partial charge >= 0.3 is 11.9 Å². The van der Waals surface area contributed by atoms with Gasteiger partial charge in [-0.3, -0.25) is 4.79 Å². The molecule has 4 nitrogen and oxygen atoms in total. The highest BCUT2D eigenvalue weighted by Gasteiger charge is 2.22. The summed E-state index contributed by atoms with van der Waals surface area (Å²) in [6.45, 7) is 6.02. The Morgan fingerprint density at radius 3 is 2.35 bits per heavy atom. The predicted molar refractivity (Wildman–Crippen MR) is 101 cm³/mol. The summed E-state index contributed by atoms with van der Waals surface area (Å²) in [5.74, 6) is -1.55. The van der Waals surface area contributed by atoms with Gasteiger partial charge in [0.25, 0.3) is 0 Å². The molecule has 2 aromatic carbocycles. The summed E-state index contributed by atoms with van der Waals surface area (Å²) in [4.78, 5) is 24.4. The van der Waals surface area contributed by atoms with E-state index < -0.39 is 17.9 Å². The third-order valence-electron chi connectivity index (χ3n) is 4.38. The van der Waals surface area contributed by atoms with Crippen LogP contribution in [0.5, 0.6) is 5.75 Å². The van der Waals surface area contributed by atoms with E-state index in [0.717, 1.165) is 30.4 Å². The van der Waals surface area contributed by atoms with E-state index in [0.29, 0.717) is 5.92 Å². The van der Waals surface area contributed by atoms with Crippen LogP contribution in [0.25, 0.3) is 0 Å². The zero-order valence-electron chi connectivity index (χ0n) is 15.6. The van der Waals surface area contributed by atoms with Crippen LogP contribution in [0, 0.1) is 5.92 Å². The molecule has 0 bridgehead atoms. The standard InChI is InChI=1S/C22H26O4/c1-15(2)8-7-9-17-12-13-19(20(23)14-17)22(25)26-21(24)16(3)18-10-5-4-6-11-18/h4-6,10-16,23H,7-9H2,1-3H3/t16-/m0/s1. The number of rotatable bonds is 7. The van der Waals surface area contributed by atoms with Gasteiger partial charge in [-0.2, -0.15) is 0 Å². The van der Waals surface area contributed by atoms with Crippen molar-refractivity contribution in [3.8, 4) is 5.75 Å². The molecule has 0 heterocycles. The van der Waals surface area contributed by atoms with Gasteiger partial charge in [-0.1, -0.05) is 56.7 Å². The summed E-state index contributed by atoms with van der Waals surface area (Å²) in [6.07, 6.45) is 2.97. The van der Waals surface area contributed by atoms with Gasteiger partial charge in [-0.15, -0.1) is 0 Å². The van der Waals surface area contributed by atoms with E-state index in [2.05, 4.69) is 13.8 Å². The Labute approximate surface area is 154 Å². The Balaban J connectivity index is 1.99. The minimum Gasteiger partial charge on any atom is -0.507 e. The number of esters is 2. The summed E-state index contributed by atoms with van der Waals surface area (Å²) in [7, 11) is 0. The van der Waals surface area contributed by atoms with E-state index in [4.69, 9.17) is 4.74 Å². The largest absolute Gasteiger partial charge is 0.507 e. The minimum atomic E-state index is -0.830. The third kappa shape index (κ3) is 5.45. The maximum atomic E-state index is 12.2. The maximum Gasteiger partial charge on any atom is 0.349 e. The van der Waals surface area contributed by atoms with Crippen LogP contribution in [0.1, 0.15) is 61.0 Å². The lowest BCUT2D eigenvalue weighted by atomic mass is 10.0. The molecule has 138 valence electrons. The molecule has 0 saturated heterocycles. The topological polar surface area (TPSA) is 63.6 Å². The Morgan fingerprint density at radius 2 is 1.73 bits per heavy atom. The Morgan fingerprint density at radius 1 is 1.04 bits per heavy atom. The first-order valence-electron chi connectivity index (χ1n) is 9.01. The SMILES string of the molecule is CC(C)CCCc1ccc(C(=O)OC(=O)[C@@H](C)c2ccccc2)c(O)c1. The third-order valence-corrected chi connectivity index (χ3v) is 4.38. The summed E-state index contributed by atoms with van der Waals surface area (Å²) in [5, 5.41) is 10.1. The number of hydrogen-bond donors (Lipinski definition) is 1. The van der Waals surface area contributed by atoms with Crippen molar-refractivity contribution in [1.29, 1.82) is 0 Å². The number of ether oxygens (including phenoxy) is 1. The van der Waals surface area contributed by atoms with E-state index >= 15 is 0 Å². The van der Waals surface area contributed by atoms with Crippen LogP contribution in [0.2, 0.25) is 0 Å². The monoisotopic (exact) mass is 354 g/mol. The molecule has 0 radical (unpaired) electrons. The highest BCUT2D eigenvalue weighted by Crippen LogP contribution is 2.23. The highest BCUT2D eigenvalue weighted by molar-refractivity contribution is 6.00. The number of phenolic OH excluding ortho intramolecular Hbond substituents is 1. The average Bonchev–Trinajstić information content (AvgIpc) is 2.61. The maximum absolute atomic E-state index is 12.2. The van der Waals surface area contributed by atoms with Gasteiger partial charge in [0, 0.05) is 0 Å². The second-order valence-corrected chi connectivity index (χ2v) is 6.98. The molecular weight excluding hydrogens is 328 g/mol. The molecule has 0 unspecified atom stereocenters. The molecule has 4 heteroatoms. The lowest BCUT2D eigenvalue weighted by molar-refractivity contribution is -0.139. The Hall–Kier alpha value is -2.62. The Kier molecular flexibility index (Phi) is 6.96. The van der Waals surface area contributed by atoms with Crippen molar-refractivity contribution in [3.63, 3.8) is 0 Å². The van der Waals surface area contributed by atoms with Crippen LogP contribution in [-0.4, -0.2) is 17.0 Å². The fourth-order valence-corrected chi connectivity index (χ4v) is 2.73. The van der Waals surface area contributed by atoms with Crippen LogP contribution in [0.4, 0.5) is 0 Å². The molecule has 2 aromatic rings. The molecule has 0 saturated carbocycles. The van der Waals surface area contributed by atoms with Crippen molar-refractivity contribution in [2.45, 2.75) is 46.0 Å². The molecule has 0 aromatic heterocycles. The van der Waals surface area contributed by atoms with Crippen LogP contribution < -0.4 is 0 Å². The van der Waals surface area contributed by atoms with Crippen LogP contribution in [-0.2, 0) is 16.0 Å². The number of phenols is 1. The molecule has 26 heavy (non-hydrogen) atoms. The first-order chi connectivity index (χ1) is 12.4. The van der Waals surface area contributed by atoms with Crippen molar-refractivity contribution < 1.29 is 19.4 Å². The first kappa shape index (κ1) is 19.7. The zero-order valence-corrected chi connectivity index (χ0v) is 15.6. The molecule has 0 fully saturated rings. The van der Waals surface area contributed by atoms with Crippen LogP contribution >= 0.6 is 0 Å². The van der Waals surface area contributed by atoms with E-state index in [1.165, 1.54) is 6.07 Å². The van der Waals surface area contributed by atoms with Gasteiger partial charge < -0.3 is 9.84 Å². The van der Waals surface area contributed by atoms with Crippen molar-refractivity contribution in [2.75, 3.05) is 0 Å². The molecule has 0 amide bonds. The lowest BCUT2D eigenvalue weighted by Gasteiger charge is -2.11. The molecule has 0 aliphatic carbocycles. The van der Waals surface area contributed by atoms with Gasteiger partial charge in [-0.05, 0) is 48.9 Å². The highest BCUT2D eigenvalue weighted by atomic mass is 16.6. The van der Waals surface area contributed by atoms with Gasteiger partial charge in [0.15, 0.2) is 0 Å². The number of carbonyl (C=O) groups excluding carboxylic acids is 2. The van der Waals surface area contributed by atoms with E-state index in [9.17, 15) is 14.7 Å². The van der Waals surface area contributed by atoms with Gasteiger partial charge in [0.1, 0.15) is 11.3 Å². The quantitative estimate of drug-likeness (QED) is 0.570. The number of aryl methyl sites for hydroxylation is 1. The molecular formula is C22H26O4. The molecule has 2 rings (SSSR count). The molecule has 0 aliphatic rings. The lowest BCUT2D eigenvalue weighted by Crippen LogP contribution is -2.18. The van der Waals surface area contributed by atoms with Crippen LogP contribution in [0.3, 0.4) is 0 Å². The summed E-state index contributed by atoms with van der Waals surface area (Å²) in [5.41, 5.74) is 1.74. The van der Waals surface area contributed by atoms with E-state index in [1.807, 2.05) is 18.2 Å². The van der Waals surface area contributed by atoms with E-state index in [1.54, 1.807) is 31.2 Å². The predicted octanol–water partition coefficient (Wildman–Crippen LogP) is 4.86. The second-order valence-electron chi connectivity index (χ2n) is 6.98. The minimum absolute atomic E-state index is 0.00576. The Bertz CT molecular complexity index is 750. The summed E-state index contributed by atoms with van der Waals surface area (Å²) in [6, 6.07) is 14.0. The van der Waals surface area contributed by atoms with Crippen molar-refractivity contribution in [1.82, 2.24) is 0 Å². The van der Waals surface area contributed by atoms with Gasteiger partial charge in [0.2, 0.25) is 0 Å². The van der Waals surface area contributed by atoms with Crippen molar-refractivity contribution in [2.24, 2.45) is 5.92 Å². The molecule has 0 aliphatic heterocycles. The smallest absolute Gasteiger partial charge is 0.349 e. The average molecular weight is 354 g/mol. The van der Waals surface area contributed by atoms with Crippen molar-refractivity contribution >= 4 is 11.9 Å². The molecule has 1 atom stereocenters. The summed E-state index contributed by atoms with van der Waals surface area (Å²) >= 11 is 0. The van der Waals surface area contributed by atoms with Crippen molar-refractivity contribution in [3.05, 3.63) is 65.2 Å². The number of carbonyl (C=O) groups is 2. The van der Waals surface area contributed by atoms with Gasteiger partial charge in [-0.25, -0.2) is 4.79 Å². The zero-order chi connectivity index (χ0) is 19.1. The number of aromatic hydroxyl groups is 1. The molecule has 1 N–H and O–H groups in total. The number of benzene rings is 2. The number of hydrogen-bond acceptors (Lipinski definition) is 4.